The van der Waals surface area contributed by atoms with Crippen molar-refractivity contribution in [3.8, 4) is 22.6 Å². The molecule has 4 rings (SSSR count). The molecule has 1 fully saturated rings. The number of piperidine rings is 1. The maximum absolute atomic E-state index is 11.8. The minimum Gasteiger partial charge on any atom is -0.497 e. The lowest BCUT2D eigenvalue weighted by Crippen LogP contribution is -2.29. The summed E-state index contributed by atoms with van der Waals surface area (Å²) in [6.07, 6.45) is 3.78. The van der Waals surface area contributed by atoms with Crippen molar-refractivity contribution in [1.82, 2.24) is 4.90 Å². The number of anilines is 1. The molecule has 0 spiro atoms. The van der Waals surface area contributed by atoms with Crippen LogP contribution in [-0.2, 0) is 11.3 Å². The molecule has 7 heteroatoms. The second-order valence-electron chi connectivity index (χ2n) is 9.28. The quantitative estimate of drug-likeness (QED) is 0.246. The zero-order valence-electron chi connectivity index (χ0n) is 21.5. The summed E-state index contributed by atoms with van der Waals surface area (Å²) in [5.74, 6) is 0.429. The summed E-state index contributed by atoms with van der Waals surface area (Å²) in [6, 6.07) is 21.5. The third-order valence-electron chi connectivity index (χ3n) is 6.62. The van der Waals surface area contributed by atoms with Gasteiger partial charge in [-0.2, -0.15) is 0 Å². The number of hydrogen-bond donors (Lipinski definition) is 1. The van der Waals surface area contributed by atoms with Gasteiger partial charge in [-0.1, -0.05) is 35.9 Å². The minimum absolute atomic E-state index is 0.101. The number of rotatable bonds is 9. The molecule has 0 radical (unpaired) electrons. The van der Waals surface area contributed by atoms with E-state index in [1.54, 1.807) is 25.1 Å². The van der Waals surface area contributed by atoms with Gasteiger partial charge in [-0.15, -0.1) is 0 Å². The zero-order valence-corrected chi connectivity index (χ0v) is 22.3. The Morgan fingerprint density at radius 2 is 1.62 bits per heavy atom. The predicted octanol–water partition coefficient (Wildman–Crippen LogP) is 6.83. The van der Waals surface area contributed by atoms with Gasteiger partial charge in [-0.3, -0.25) is 0 Å². The van der Waals surface area contributed by atoms with Gasteiger partial charge in [0.25, 0.3) is 0 Å². The molecule has 1 saturated heterocycles. The fourth-order valence-corrected chi connectivity index (χ4v) is 4.80. The smallest absolute Gasteiger partial charge is 0.336 e. The fourth-order valence-electron chi connectivity index (χ4n) is 4.52. The van der Waals surface area contributed by atoms with Crippen LogP contribution in [0.5, 0.6) is 11.5 Å². The summed E-state index contributed by atoms with van der Waals surface area (Å²) in [6.45, 7) is 4.19. The summed E-state index contributed by atoms with van der Waals surface area (Å²) in [7, 11) is 3.42. The molecule has 0 saturated carbocycles. The lowest BCUT2D eigenvalue weighted by molar-refractivity contribution is -0.132. The number of ether oxygens (including phenoxy) is 2. The van der Waals surface area contributed by atoms with Gasteiger partial charge < -0.3 is 24.4 Å². The van der Waals surface area contributed by atoms with Crippen LogP contribution in [0.2, 0.25) is 5.02 Å². The number of hydrogen-bond acceptors (Lipinski definition) is 5. The topological polar surface area (TPSA) is 62.2 Å². The minimum atomic E-state index is -1.05. The van der Waals surface area contributed by atoms with Crippen molar-refractivity contribution in [2.75, 3.05) is 32.1 Å². The molecule has 1 N–H and O–H groups in total. The molecule has 1 aliphatic rings. The van der Waals surface area contributed by atoms with Crippen molar-refractivity contribution in [3.63, 3.8) is 0 Å². The first kappa shape index (κ1) is 26.4. The monoisotopic (exact) mass is 520 g/mol. The molecule has 3 aromatic carbocycles. The van der Waals surface area contributed by atoms with E-state index in [0.29, 0.717) is 17.3 Å². The Morgan fingerprint density at radius 1 is 0.973 bits per heavy atom. The van der Waals surface area contributed by atoms with Crippen molar-refractivity contribution in [1.29, 1.82) is 0 Å². The number of carboxylic acids is 1. The first-order valence-corrected chi connectivity index (χ1v) is 12.8. The molecule has 0 unspecified atom stereocenters. The van der Waals surface area contributed by atoms with E-state index in [0.717, 1.165) is 35.5 Å². The van der Waals surface area contributed by atoms with Crippen molar-refractivity contribution in [2.24, 2.45) is 0 Å². The fraction of sp³-hybridized carbons (Fsp3) is 0.300. The number of halogens is 1. The van der Waals surface area contributed by atoms with Crippen LogP contribution in [0.4, 0.5) is 5.69 Å². The number of aliphatic carboxylic acids is 1. The first-order valence-electron chi connectivity index (χ1n) is 12.5. The van der Waals surface area contributed by atoms with Gasteiger partial charge in [0, 0.05) is 44.0 Å². The van der Waals surface area contributed by atoms with E-state index in [-0.39, 0.29) is 11.5 Å². The van der Waals surface area contributed by atoms with E-state index in [2.05, 4.69) is 29.2 Å². The Kier molecular flexibility index (Phi) is 8.62. The molecular weight excluding hydrogens is 488 g/mol. The highest BCUT2D eigenvalue weighted by molar-refractivity contribution is 6.33. The standard InChI is InChI=1S/C30H33ClN2O4/c1-21(30(34)35)29(32(2)20-22-7-13-25(36-3)14-8-22)37-26-15-16-27(28(31)19-26)23-9-11-24(12-10-23)33-17-5-4-6-18-33/h7-16,19H,4-6,17-18,20H2,1-3H3,(H,34,35)/b29-21-. The summed E-state index contributed by atoms with van der Waals surface area (Å²) in [5, 5.41) is 10.2. The number of nitrogens with zero attached hydrogens (tertiary/aromatic N) is 2. The predicted molar refractivity (Wildman–Crippen MR) is 148 cm³/mol. The SMILES string of the molecule is COc1ccc(CN(C)/C(Oc2ccc(-c3ccc(N4CCCCC4)cc3)c(Cl)c2)=C(\C)C(=O)O)cc1. The van der Waals surface area contributed by atoms with Gasteiger partial charge in [-0.05, 0) is 73.7 Å². The van der Waals surface area contributed by atoms with E-state index in [9.17, 15) is 9.90 Å². The first-order chi connectivity index (χ1) is 17.9. The number of methoxy groups -OCH3 is 1. The van der Waals surface area contributed by atoms with Crippen LogP contribution < -0.4 is 14.4 Å². The molecule has 0 bridgehead atoms. The lowest BCUT2D eigenvalue weighted by Gasteiger charge is -2.29. The molecule has 37 heavy (non-hydrogen) atoms. The summed E-state index contributed by atoms with van der Waals surface area (Å²) >= 11 is 6.67. The molecule has 1 aliphatic heterocycles. The Labute approximate surface area is 223 Å². The van der Waals surface area contributed by atoms with Gasteiger partial charge >= 0.3 is 5.97 Å². The number of carboxylic acid groups (broad SMARTS) is 1. The van der Waals surface area contributed by atoms with Crippen molar-refractivity contribution in [2.45, 2.75) is 32.7 Å². The highest BCUT2D eigenvalue weighted by Gasteiger charge is 2.18. The van der Waals surface area contributed by atoms with Crippen LogP contribution in [0.1, 0.15) is 31.7 Å². The third kappa shape index (κ3) is 6.57. The Balaban J connectivity index is 1.51. The van der Waals surface area contributed by atoms with E-state index in [4.69, 9.17) is 21.1 Å². The molecule has 3 aromatic rings. The van der Waals surface area contributed by atoms with Gasteiger partial charge in [0.15, 0.2) is 0 Å². The maximum Gasteiger partial charge on any atom is 0.336 e. The van der Waals surface area contributed by atoms with E-state index in [1.807, 2.05) is 36.4 Å². The number of benzene rings is 3. The van der Waals surface area contributed by atoms with E-state index in [1.165, 1.54) is 31.9 Å². The van der Waals surface area contributed by atoms with Gasteiger partial charge in [0.2, 0.25) is 5.88 Å². The molecule has 0 aliphatic carbocycles. The lowest BCUT2D eigenvalue weighted by atomic mass is 10.0. The molecular formula is C30H33ClN2O4. The number of carbonyl (C=O) groups is 1. The highest BCUT2D eigenvalue weighted by atomic mass is 35.5. The molecule has 1 heterocycles. The molecule has 0 aromatic heterocycles. The average Bonchev–Trinajstić information content (AvgIpc) is 2.92. The van der Waals surface area contributed by atoms with Gasteiger partial charge in [-0.25, -0.2) is 4.79 Å². The van der Waals surface area contributed by atoms with Crippen LogP contribution >= 0.6 is 11.6 Å². The summed E-state index contributed by atoms with van der Waals surface area (Å²) < 4.78 is 11.3. The Morgan fingerprint density at radius 3 is 2.22 bits per heavy atom. The van der Waals surface area contributed by atoms with Crippen molar-refractivity contribution >= 4 is 23.3 Å². The highest BCUT2D eigenvalue weighted by Crippen LogP contribution is 2.34. The van der Waals surface area contributed by atoms with Crippen LogP contribution in [0.15, 0.2) is 78.2 Å². The largest absolute Gasteiger partial charge is 0.497 e. The molecule has 0 atom stereocenters. The van der Waals surface area contributed by atoms with E-state index < -0.39 is 5.97 Å². The second kappa shape index (κ2) is 12.1. The maximum atomic E-state index is 11.8. The Hall–Kier alpha value is -3.64. The molecule has 6 nitrogen and oxygen atoms in total. The van der Waals surface area contributed by atoms with Gasteiger partial charge in [0.1, 0.15) is 11.5 Å². The second-order valence-corrected chi connectivity index (χ2v) is 9.68. The van der Waals surface area contributed by atoms with Crippen LogP contribution in [0, 0.1) is 0 Å². The van der Waals surface area contributed by atoms with Crippen molar-refractivity contribution in [3.05, 3.63) is 88.8 Å². The summed E-state index contributed by atoms with van der Waals surface area (Å²) in [5.41, 5.74) is 4.24. The molecule has 194 valence electrons. The van der Waals surface area contributed by atoms with Crippen LogP contribution in [0.3, 0.4) is 0 Å². The normalized spacial score (nSPS) is 14.1. The average molecular weight is 521 g/mol. The van der Waals surface area contributed by atoms with Crippen molar-refractivity contribution < 1.29 is 19.4 Å². The van der Waals surface area contributed by atoms with Gasteiger partial charge in [0.05, 0.1) is 17.7 Å². The zero-order chi connectivity index (χ0) is 26.4. The summed E-state index contributed by atoms with van der Waals surface area (Å²) in [4.78, 5) is 16.0. The Bertz CT molecular complexity index is 1250. The molecule has 0 amide bonds. The van der Waals surface area contributed by atoms with Crippen LogP contribution in [0.25, 0.3) is 11.1 Å². The van der Waals surface area contributed by atoms with E-state index >= 15 is 0 Å². The third-order valence-corrected chi connectivity index (χ3v) is 6.93. The van der Waals surface area contributed by atoms with Crippen LogP contribution in [-0.4, -0.2) is 43.2 Å².